The molecule has 1 aromatic carbocycles. The quantitative estimate of drug-likeness (QED) is 0.774. The van der Waals surface area contributed by atoms with Crippen molar-refractivity contribution < 1.29 is 13.5 Å². The standard InChI is InChI=1S/C8H6ClF2IO/c9-6-3-5(12)1-2-7(6)13-4-8(10)11/h1-3,8H,4H2. The highest BCUT2D eigenvalue weighted by atomic mass is 127. The summed E-state index contributed by atoms with van der Waals surface area (Å²) in [7, 11) is 0. The van der Waals surface area contributed by atoms with Crippen LogP contribution in [0.5, 0.6) is 5.75 Å². The van der Waals surface area contributed by atoms with E-state index in [4.69, 9.17) is 16.3 Å². The van der Waals surface area contributed by atoms with Crippen LogP contribution >= 0.6 is 34.2 Å². The fraction of sp³-hybridized carbons (Fsp3) is 0.250. The van der Waals surface area contributed by atoms with Gasteiger partial charge in [-0.05, 0) is 40.8 Å². The second-order valence-electron chi connectivity index (χ2n) is 2.28. The van der Waals surface area contributed by atoms with E-state index in [1.807, 2.05) is 0 Å². The van der Waals surface area contributed by atoms with Crippen molar-refractivity contribution in [2.75, 3.05) is 6.61 Å². The van der Waals surface area contributed by atoms with Gasteiger partial charge in [0.05, 0.1) is 5.02 Å². The maximum absolute atomic E-state index is 11.8. The summed E-state index contributed by atoms with van der Waals surface area (Å²) in [6, 6.07) is 4.97. The highest BCUT2D eigenvalue weighted by Gasteiger charge is 2.06. The summed E-state index contributed by atoms with van der Waals surface area (Å²) < 4.78 is 29.2. The molecule has 0 saturated heterocycles. The Morgan fingerprint density at radius 2 is 2.15 bits per heavy atom. The maximum Gasteiger partial charge on any atom is 0.272 e. The van der Waals surface area contributed by atoms with Crippen LogP contribution in [-0.2, 0) is 0 Å². The Bertz CT molecular complexity index is 293. The van der Waals surface area contributed by atoms with Gasteiger partial charge in [0, 0.05) is 3.57 Å². The first-order valence-corrected chi connectivity index (χ1v) is 4.91. The zero-order valence-corrected chi connectivity index (χ0v) is 9.35. The topological polar surface area (TPSA) is 9.23 Å². The fourth-order valence-electron chi connectivity index (χ4n) is 0.745. The van der Waals surface area contributed by atoms with Crippen molar-refractivity contribution in [2.45, 2.75) is 6.43 Å². The summed E-state index contributed by atoms with van der Waals surface area (Å²) in [6.45, 7) is -0.625. The lowest BCUT2D eigenvalue weighted by Crippen LogP contribution is -2.07. The van der Waals surface area contributed by atoms with E-state index in [0.29, 0.717) is 10.8 Å². The van der Waals surface area contributed by atoms with Gasteiger partial charge in [-0.15, -0.1) is 0 Å². The van der Waals surface area contributed by atoms with Crippen LogP contribution in [0.3, 0.4) is 0 Å². The van der Waals surface area contributed by atoms with Gasteiger partial charge >= 0.3 is 0 Å². The molecule has 0 spiro atoms. The molecule has 0 atom stereocenters. The minimum atomic E-state index is -2.48. The van der Waals surface area contributed by atoms with Crippen LogP contribution < -0.4 is 4.74 Å². The molecule has 5 heteroatoms. The first-order valence-electron chi connectivity index (χ1n) is 3.45. The van der Waals surface area contributed by atoms with E-state index < -0.39 is 13.0 Å². The van der Waals surface area contributed by atoms with Crippen LogP contribution in [0.15, 0.2) is 18.2 Å². The minimum absolute atomic E-state index is 0.294. The zero-order chi connectivity index (χ0) is 9.84. The highest BCUT2D eigenvalue weighted by molar-refractivity contribution is 14.1. The lowest BCUT2D eigenvalue weighted by atomic mass is 10.3. The zero-order valence-electron chi connectivity index (χ0n) is 6.44. The Kier molecular flexibility index (Phi) is 4.18. The summed E-state index contributed by atoms with van der Waals surface area (Å²) in [4.78, 5) is 0. The maximum atomic E-state index is 11.8. The molecule has 0 bridgehead atoms. The molecular formula is C8H6ClF2IO. The van der Waals surface area contributed by atoms with E-state index in [0.717, 1.165) is 3.57 Å². The van der Waals surface area contributed by atoms with E-state index in [1.54, 1.807) is 18.2 Å². The molecule has 0 heterocycles. The third-order valence-electron chi connectivity index (χ3n) is 1.26. The summed E-state index contributed by atoms with van der Waals surface area (Å²) in [6.07, 6.45) is -2.48. The Balaban J connectivity index is 2.67. The summed E-state index contributed by atoms with van der Waals surface area (Å²) in [5, 5.41) is 0.354. The van der Waals surface area contributed by atoms with Crippen LogP contribution in [0.2, 0.25) is 5.02 Å². The smallest absolute Gasteiger partial charge is 0.272 e. The first-order chi connectivity index (χ1) is 6.09. The average Bonchev–Trinajstić information content (AvgIpc) is 2.02. The third-order valence-corrected chi connectivity index (χ3v) is 2.23. The molecular weight excluding hydrogens is 312 g/mol. The van der Waals surface area contributed by atoms with E-state index in [-0.39, 0.29) is 0 Å². The molecule has 13 heavy (non-hydrogen) atoms. The minimum Gasteiger partial charge on any atom is -0.486 e. The molecule has 0 aliphatic heterocycles. The molecule has 72 valence electrons. The fourth-order valence-corrected chi connectivity index (χ4v) is 1.66. The van der Waals surface area contributed by atoms with Gasteiger partial charge in [0.25, 0.3) is 6.43 Å². The summed E-state index contributed by atoms with van der Waals surface area (Å²) in [5.74, 6) is 0.294. The highest BCUT2D eigenvalue weighted by Crippen LogP contribution is 2.26. The number of benzene rings is 1. The molecule has 0 amide bonds. The van der Waals surface area contributed by atoms with Crippen molar-refractivity contribution in [3.05, 3.63) is 26.8 Å². The van der Waals surface area contributed by atoms with Gasteiger partial charge in [0.1, 0.15) is 12.4 Å². The van der Waals surface area contributed by atoms with Gasteiger partial charge < -0.3 is 4.74 Å². The number of halogens is 4. The molecule has 1 rings (SSSR count). The number of hydrogen-bond donors (Lipinski definition) is 0. The molecule has 0 aliphatic rings. The summed E-state index contributed by atoms with van der Waals surface area (Å²) >= 11 is 7.81. The Hall–Kier alpha value is -0.100. The van der Waals surface area contributed by atoms with Crippen molar-refractivity contribution in [3.63, 3.8) is 0 Å². The second-order valence-corrected chi connectivity index (χ2v) is 3.93. The predicted molar refractivity (Wildman–Crippen MR) is 55.7 cm³/mol. The largest absolute Gasteiger partial charge is 0.486 e. The van der Waals surface area contributed by atoms with Gasteiger partial charge in [-0.1, -0.05) is 11.6 Å². The first kappa shape index (κ1) is 11.0. The van der Waals surface area contributed by atoms with Crippen molar-refractivity contribution in [1.29, 1.82) is 0 Å². The molecule has 0 unspecified atom stereocenters. The number of rotatable bonds is 3. The molecule has 0 N–H and O–H groups in total. The van der Waals surface area contributed by atoms with E-state index >= 15 is 0 Å². The lowest BCUT2D eigenvalue weighted by molar-refractivity contribution is 0.0819. The van der Waals surface area contributed by atoms with Crippen LogP contribution in [0.1, 0.15) is 0 Å². The Morgan fingerprint density at radius 1 is 1.46 bits per heavy atom. The monoisotopic (exact) mass is 318 g/mol. The molecule has 0 aliphatic carbocycles. The molecule has 0 radical (unpaired) electrons. The van der Waals surface area contributed by atoms with E-state index in [1.165, 1.54) is 0 Å². The summed E-state index contributed by atoms with van der Waals surface area (Å²) in [5.41, 5.74) is 0. The van der Waals surface area contributed by atoms with E-state index in [9.17, 15) is 8.78 Å². The predicted octanol–water partition coefficient (Wildman–Crippen LogP) is 3.59. The molecule has 1 nitrogen and oxygen atoms in total. The van der Waals surface area contributed by atoms with Crippen LogP contribution in [-0.4, -0.2) is 13.0 Å². The lowest BCUT2D eigenvalue weighted by Gasteiger charge is -2.06. The molecule has 0 saturated carbocycles. The van der Waals surface area contributed by atoms with Crippen molar-refractivity contribution in [3.8, 4) is 5.75 Å². The van der Waals surface area contributed by atoms with Crippen molar-refractivity contribution in [2.24, 2.45) is 0 Å². The average molecular weight is 318 g/mol. The molecule has 0 fully saturated rings. The van der Waals surface area contributed by atoms with Crippen LogP contribution in [0.4, 0.5) is 8.78 Å². The van der Waals surface area contributed by atoms with Crippen molar-refractivity contribution >= 4 is 34.2 Å². The van der Waals surface area contributed by atoms with E-state index in [2.05, 4.69) is 22.6 Å². The van der Waals surface area contributed by atoms with Gasteiger partial charge in [0.15, 0.2) is 0 Å². The van der Waals surface area contributed by atoms with Gasteiger partial charge in [0.2, 0.25) is 0 Å². The van der Waals surface area contributed by atoms with Gasteiger partial charge in [-0.3, -0.25) is 0 Å². The Morgan fingerprint density at radius 3 is 2.69 bits per heavy atom. The van der Waals surface area contributed by atoms with Crippen molar-refractivity contribution in [1.82, 2.24) is 0 Å². The Labute approximate surface area is 93.2 Å². The van der Waals surface area contributed by atoms with Crippen LogP contribution in [0, 0.1) is 3.57 Å². The number of alkyl halides is 2. The normalized spacial score (nSPS) is 10.5. The molecule has 1 aromatic rings. The third kappa shape index (κ3) is 3.64. The van der Waals surface area contributed by atoms with Gasteiger partial charge in [-0.2, -0.15) is 0 Å². The number of hydrogen-bond acceptors (Lipinski definition) is 1. The molecule has 0 aromatic heterocycles. The van der Waals surface area contributed by atoms with Crippen LogP contribution in [0.25, 0.3) is 0 Å². The SMILES string of the molecule is FC(F)COc1ccc(I)cc1Cl. The van der Waals surface area contributed by atoms with Gasteiger partial charge in [-0.25, -0.2) is 8.78 Å². The number of ether oxygens (including phenoxy) is 1. The second kappa shape index (κ2) is 4.95.